The molecular formula is C16H10Cl4N2. The lowest BCUT2D eigenvalue weighted by Crippen LogP contribution is -1.93. The van der Waals surface area contributed by atoms with E-state index in [0.29, 0.717) is 26.5 Å². The van der Waals surface area contributed by atoms with Crippen molar-refractivity contribution in [2.75, 3.05) is 0 Å². The summed E-state index contributed by atoms with van der Waals surface area (Å²) < 4.78 is 0. The van der Waals surface area contributed by atoms with Crippen molar-refractivity contribution in [3.05, 3.63) is 74.1 Å². The molecule has 0 unspecified atom stereocenters. The Balaban J connectivity index is 1.91. The number of imidazole rings is 1. The normalized spacial score (nSPS) is 10.9. The summed E-state index contributed by atoms with van der Waals surface area (Å²) in [6.45, 7) is 0. The third-order valence-corrected chi connectivity index (χ3v) is 4.51. The van der Waals surface area contributed by atoms with Crippen LogP contribution in [0, 0.1) is 0 Å². The lowest BCUT2D eigenvalue weighted by Gasteiger charge is -2.05. The van der Waals surface area contributed by atoms with Gasteiger partial charge in [-0.25, -0.2) is 4.98 Å². The van der Waals surface area contributed by atoms with Gasteiger partial charge in [0, 0.05) is 27.1 Å². The molecule has 3 rings (SSSR count). The summed E-state index contributed by atoms with van der Waals surface area (Å²) in [7, 11) is 0. The van der Waals surface area contributed by atoms with E-state index in [1.807, 2.05) is 24.3 Å². The van der Waals surface area contributed by atoms with Crippen molar-refractivity contribution < 1.29 is 0 Å². The smallest absolute Gasteiger partial charge is 0.111 e. The van der Waals surface area contributed by atoms with E-state index in [2.05, 4.69) is 9.97 Å². The van der Waals surface area contributed by atoms with Crippen LogP contribution in [0.1, 0.15) is 11.4 Å². The van der Waals surface area contributed by atoms with Crippen molar-refractivity contribution in [2.24, 2.45) is 0 Å². The number of hydrogen-bond acceptors (Lipinski definition) is 1. The Hall–Kier alpha value is -1.19. The predicted octanol–water partition coefficient (Wildman–Crippen LogP) is 6.28. The first-order chi connectivity index (χ1) is 10.5. The molecule has 0 fully saturated rings. The molecule has 112 valence electrons. The molecular weight excluding hydrogens is 362 g/mol. The maximum Gasteiger partial charge on any atom is 0.111 e. The fourth-order valence-electron chi connectivity index (χ4n) is 2.17. The van der Waals surface area contributed by atoms with E-state index < -0.39 is 0 Å². The van der Waals surface area contributed by atoms with Crippen LogP contribution in [-0.2, 0) is 6.42 Å². The third-order valence-electron chi connectivity index (χ3n) is 3.26. The first-order valence-electron chi connectivity index (χ1n) is 6.47. The molecule has 6 heteroatoms. The summed E-state index contributed by atoms with van der Waals surface area (Å²) in [6.07, 6.45) is 2.25. The van der Waals surface area contributed by atoms with Crippen LogP contribution in [-0.4, -0.2) is 9.97 Å². The van der Waals surface area contributed by atoms with Gasteiger partial charge in [0.15, 0.2) is 0 Å². The number of rotatable bonds is 3. The van der Waals surface area contributed by atoms with Gasteiger partial charge in [-0.05, 0) is 35.9 Å². The monoisotopic (exact) mass is 370 g/mol. The number of nitrogens with one attached hydrogen (secondary N) is 1. The Morgan fingerprint density at radius 2 is 1.64 bits per heavy atom. The minimum Gasteiger partial charge on any atom is -0.342 e. The molecule has 0 saturated heterocycles. The van der Waals surface area contributed by atoms with Gasteiger partial charge in [0.25, 0.3) is 0 Å². The van der Waals surface area contributed by atoms with Crippen molar-refractivity contribution in [3.8, 4) is 11.3 Å². The van der Waals surface area contributed by atoms with Crippen molar-refractivity contribution in [1.29, 1.82) is 0 Å². The van der Waals surface area contributed by atoms with Gasteiger partial charge in [-0.15, -0.1) is 0 Å². The number of benzene rings is 2. The van der Waals surface area contributed by atoms with Crippen LogP contribution >= 0.6 is 46.4 Å². The van der Waals surface area contributed by atoms with Crippen LogP contribution in [0.5, 0.6) is 0 Å². The summed E-state index contributed by atoms with van der Waals surface area (Å²) in [5.41, 5.74) is 2.50. The van der Waals surface area contributed by atoms with Gasteiger partial charge in [0.1, 0.15) is 5.82 Å². The van der Waals surface area contributed by atoms with Crippen molar-refractivity contribution >= 4 is 46.4 Å². The summed E-state index contributed by atoms with van der Waals surface area (Å²) in [4.78, 5) is 7.61. The van der Waals surface area contributed by atoms with Crippen LogP contribution in [0.3, 0.4) is 0 Å². The van der Waals surface area contributed by atoms with E-state index in [0.717, 1.165) is 22.6 Å². The van der Waals surface area contributed by atoms with Crippen LogP contribution in [0.25, 0.3) is 11.3 Å². The first kappa shape index (κ1) is 15.7. The molecule has 0 amide bonds. The van der Waals surface area contributed by atoms with Crippen molar-refractivity contribution in [2.45, 2.75) is 6.42 Å². The summed E-state index contributed by atoms with van der Waals surface area (Å²) in [6, 6.07) is 10.8. The molecule has 22 heavy (non-hydrogen) atoms. The molecule has 2 nitrogen and oxygen atoms in total. The van der Waals surface area contributed by atoms with Gasteiger partial charge >= 0.3 is 0 Å². The average Bonchev–Trinajstić information content (AvgIpc) is 2.91. The van der Waals surface area contributed by atoms with Crippen LogP contribution in [0.4, 0.5) is 0 Å². The molecule has 2 aromatic carbocycles. The Morgan fingerprint density at radius 3 is 2.32 bits per heavy atom. The molecule has 0 aliphatic rings. The fourth-order valence-corrected chi connectivity index (χ4v) is 3.21. The quantitative estimate of drug-likeness (QED) is 0.576. The number of nitrogens with zero attached hydrogens (tertiary/aromatic N) is 1. The average molecular weight is 372 g/mol. The number of hydrogen-bond donors (Lipinski definition) is 1. The highest BCUT2D eigenvalue weighted by Crippen LogP contribution is 2.30. The Labute approximate surface area is 148 Å². The van der Waals surface area contributed by atoms with E-state index >= 15 is 0 Å². The van der Waals surface area contributed by atoms with E-state index in [1.54, 1.807) is 18.3 Å². The van der Waals surface area contributed by atoms with E-state index in [9.17, 15) is 0 Å². The second kappa shape index (κ2) is 6.51. The molecule has 0 saturated carbocycles. The third kappa shape index (κ3) is 3.26. The molecule has 0 atom stereocenters. The second-order valence-corrected chi connectivity index (χ2v) is 6.40. The maximum absolute atomic E-state index is 6.21. The topological polar surface area (TPSA) is 28.7 Å². The van der Waals surface area contributed by atoms with Gasteiger partial charge in [0.05, 0.1) is 16.9 Å². The molecule has 0 aliphatic heterocycles. The molecule has 1 N–H and O–H groups in total. The summed E-state index contributed by atoms with van der Waals surface area (Å²) in [5.74, 6) is 0.760. The zero-order valence-corrected chi connectivity index (χ0v) is 14.2. The first-order valence-corrected chi connectivity index (χ1v) is 7.98. The van der Waals surface area contributed by atoms with Crippen molar-refractivity contribution in [1.82, 2.24) is 9.97 Å². The zero-order chi connectivity index (χ0) is 15.7. The number of aromatic nitrogens is 2. The predicted molar refractivity (Wildman–Crippen MR) is 93.3 cm³/mol. The maximum atomic E-state index is 6.21. The molecule has 1 heterocycles. The highest BCUT2D eigenvalue weighted by atomic mass is 35.5. The second-order valence-electron chi connectivity index (χ2n) is 4.74. The van der Waals surface area contributed by atoms with Crippen LogP contribution in [0.15, 0.2) is 42.6 Å². The fraction of sp³-hybridized carbons (Fsp3) is 0.0625. The molecule has 0 radical (unpaired) electrons. The summed E-state index contributed by atoms with van der Waals surface area (Å²) >= 11 is 24.5. The standard InChI is InChI=1S/C16H10Cl4N2/c17-9-4-5-10(14(20)6-9)15-8-21-16(22-15)7-11-12(18)2-1-3-13(11)19/h1-6,8H,7H2,(H,21,22). The Kier molecular flexibility index (Phi) is 4.65. The Morgan fingerprint density at radius 1 is 0.909 bits per heavy atom. The molecule has 0 spiro atoms. The van der Waals surface area contributed by atoms with Gasteiger partial charge in [-0.2, -0.15) is 0 Å². The van der Waals surface area contributed by atoms with Gasteiger partial charge < -0.3 is 4.98 Å². The number of halogens is 4. The molecule has 0 bridgehead atoms. The minimum atomic E-state index is 0.518. The van der Waals surface area contributed by atoms with E-state index in [-0.39, 0.29) is 0 Å². The number of H-pyrrole nitrogens is 1. The lowest BCUT2D eigenvalue weighted by atomic mass is 10.1. The number of aromatic amines is 1. The molecule has 1 aromatic heterocycles. The lowest BCUT2D eigenvalue weighted by molar-refractivity contribution is 1.03. The van der Waals surface area contributed by atoms with Gasteiger partial charge in [-0.1, -0.05) is 52.5 Å². The SMILES string of the molecule is Clc1ccc(-c2cnc(Cc3c(Cl)cccc3Cl)[nH]2)c(Cl)c1. The van der Waals surface area contributed by atoms with E-state index in [1.165, 1.54) is 0 Å². The molecule has 0 aliphatic carbocycles. The highest BCUT2D eigenvalue weighted by Gasteiger charge is 2.11. The highest BCUT2D eigenvalue weighted by molar-refractivity contribution is 6.36. The zero-order valence-electron chi connectivity index (χ0n) is 11.2. The van der Waals surface area contributed by atoms with Gasteiger partial charge in [0.2, 0.25) is 0 Å². The minimum absolute atomic E-state index is 0.518. The Bertz CT molecular complexity index is 807. The van der Waals surface area contributed by atoms with Gasteiger partial charge in [-0.3, -0.25) is 0 Å². The largest absolute Gasteiger partial charge is 0.342 e. The van der Waals surface area contributed by atoms with E-state index in [4.69, 9.17) is 46.4 Å². The van der Waals surface area contributed by atoms with Crippen LogP contribution in [0.2, 0.25) is 20.1 Å². The summed E-state index contributed by atoms with van der Waals surface area (Å²) in [5, 5.41) is 2.40. The van der Waals surface area contributed by atoms with Crippen molar-refractivity contribution in [3.63, 3.8) is 0 Å². The van der Waals surface area contributed by atoms with Crippen LogP contribution < -0.4 is 0 Å². The molecule has 3 aromatic rings.